The van der Waals surface area contributed by atoms with E-state index in [0.29, 0.717) is 24.8 Å². The molecule has 1 aromatic heterocycles. The van der Waals surface area contributed by atoms with Crippen molar-refractivity contribution in [1.82, 2.24) is 20.9 Å². The van der Waals surface area contributed by atoms with Gasteiger partial charge in [0.2, 0.25) is 11.8 Å². The van der Waals surface area contributed by atoms with Crippen molar-refractivity contribution in [3.8, 4) is 0 Å². The number of halogens is 3. The van der Waals surface area contributed by atoms with Crippen LogP contribution in [0.1, 0.15) is 86.8 Å². The van der Waals surface area contributed by atoms with Crippen LogP contribution < -0.4 is 16.0 Å². The number of aliphatic hydroxyl groups is 1. The molecule has 0 bridgehead atoms. The molecule has 51 heavy (non-hydrogen) atoms. The van der Waals surface area contributed by atoms with Gasteiger partial charge < -0.3 is 21.1 Å². The lowest BCUT2D eigenvalue weighted by Crippen LogP contribution is -2.64. The molecule has 4 rings (SSSR count). The third-order valence-corrected chi connectivity index (χ3v) is 13.4. The highest BCUT2D eigenvalue weighted by Gasteiger charge is 2.46. The van der Waals surface area contributed by atoms with E-state index in [9.17, 15) is 41.1 Å². The summed E-state index contributed by atoms with van der Waals surface area (Å²) in [7, 11) is -4.04. The van der Waals surface area contributed by atoms with Gasteiger partial charge in [0.05, 0.1) is 27.8 Å². The lowest BCUT2D eigenvalue weighted by molar-refractivity contribution is -0.134. The van der Waals surface area contributed by atoms with Gasteiger partial charge in [0.25, 0.3) is 5.91 Å². The molecule has 1 aliphatic carbocycles. The number of thiophene rings is 1. The largest absolute Gasteiger partial charge is 0.425 e. The molecule has 3 amide bonds. The normalized spacial score (nSPS) is 22.3. The summed E-state index contributed by atoms with van der Waals surface area (Å²) in [6.45, 7) is 8.84. The van der Waals surface area contributed by atoms with Gasteiger partial charge in [0, 0.05) is 24.9 Å². The molecule has 15 heteroatoms. The van der Waals surface area contributed by atoms with Gasteiger partial charge in [0.1, 0.15) is 10.9 Å². The van der Waals surface area contributed by atoms with Crippen LogP contribution in [-0.2, 0) is 32.0 Å². The Hall–Kier alpha value is -3.01. The monoisotopic (exact) mass is 756 g/mol. The molecule has 6 atom stereocenters. The minimum Gasteiger partial charge on any atom is -0.390 e. The maximum atomic E-state index is 14.1. The van der Waals surface area contributed by atoms with E-state index in [1.165, 1.54) is 13.8 Å². The third kappa shape index (κ3) is 10.5. The number of alkyl halides is 3. The van der Waals surface area contributed by atoms with Crippen molar-refractivity contribution in [2.45, 2.75) is 114 Å². The number of likely N-dealkylation sites (tertiary alicyclic amines) is 1. The van der Waals surface area contributed by atoms with E-state index in [4.69, 9.17) is 0 Å². The number of hydrogen-bond acceptors (Lipinski definition) is 8. The zero-order valence-electron chi connectivity index (χ0n) is 30.0. The summed E-state index contributed by atoms with van der Waals surface area (Å²) >= 11 is 0.177. The van der Waals surface area contributed by atoms with Crippen molar-refractivity contribution in [2.75, 3.05) is 19.3 Å². The van der Waals surface area contributed by atoms with E-state index in [-0.39, 0.29) is 35.1 Å². The predicted octanol–water partition coefficient (Wildman–Crippen LogP) is 4.57. The van der Waals surface area contributed by atoms with Crippen LogP contribution in [0.25, 0.3) is 0 Å². The van der Waals surface area contributed by atoms with Crippen molar-refractivity contribution in [3.05, 3.63) is 57.8 Å². The second-order valence-corrected chi connectivity index (χ2v) is 19.2. The number of carbonyl (C=O) groups is 3. The van der Waals surface area contributed by atoms with Crippen LogP contribution in [0.2, 0.25) is 0 Å². The topological polar surface area (TPSA) is 145 Å². The van der Waals surface area contributed by atoms with Gasteiger partial charge in [0.15, 0.2) is 9.84 Å². The number of β-amino-alcohol motifs (C(OH)–C–C–N with tert-alkyl or cyclic N) is 1. The van der Waals surface area contributed by atoms with E-state index in [0.717, 1.165) is 49.6 Å². The Morgan fingerprint density at radius 1 is 0.961 bits per heavy atom. The van der Waals surface area contributed by atoms with Crippen LogP contribution in [0.4, 0.5) is 13.2 Å². The molecule has 1 aliphatic heterocycles. The standard InChI is InChI=1S/C36H51F3N4O6S2/c1-34(2,3)42-31(45)26-19-23-14-10-11-15-24(23)20-43(26)21-27(44)25(18-22-12-8-7-9-13-22)40-33(47)30(35(4,5)51(6,48)49)41-32(46)28-16-17-29(50-28)36(37,38)39/h7-9,12-13,16-17,23-27,30,44H,10-11,14-15,18-21H2,1-6H3,(H,40,47)(H,41,46)(H,42,45). The predicted molar refractivity (Wildman–Crippen MR) is 191 cm³/mol. The fraction of sp³-hybridized carbons (Fsp3) is 0.639. The van der Waals surface area contributed by atoms with Crippen molar-refractivity contribution in [2.24, 2.45) is 11.8 Å². The molecule has 0 spiro atoms. The molecule has 10 nitrogen and oxygen atoms in total. The highest BCUT2D eigenvalue weighted by Crippen LogP contribution is 2.39. The first-order chi connectivity index (χ1) is 23.6. The molecular formula is C36H51F3N4O6S2. The second kappa shape index (κ2) is 15.9. The lowest BCUT2D eigenvalue weighted by atomic mass is 9.72. The van der Waals surface area contributed by atoms with Crippen LogP contribution >= 0.6 is 11.3 Å². The Bertz CT molecular complexity index is 1640. The maximum Gasteiger partial charge on any atom is 0.425 e. The number of aliphatic hydroxyl groups excluding tert-OH is 1. The number of piperidine rings is 1. The average molecular weight is 757 g/mol. The molecule has 1 saturated heterocycles. The van der Waals surface area contributed by atoms with Crippen LogP contribution in [0.3, 0.4) is 0 Å². The summed E-state index contributed by atoms with van der Waals surface area (Å²) in [6, 6.07) is 7.50. The lowest BCUT2D eigenvalue weighted by Gasteiger charge is -2.47. The minimum atomic E-state index is -4.69. The zero-order valence-corrected chi connectivity index (χ0v) is 31.7. The first-order valence-electron chi connectivity index (χ1n) is 17.3. The smallest absolute Gasteiger partial charge is 0.390 e. The zero-order chi connectivity index (χ0) is 37.9. The molecule has 284 valence electrons. The van der Waals surface area contributed by atoms with Gasteiger partial charge in [-0.15, -0.1) is 11.3 Å². The SMILES string of the molecule is CC(C)(C)NC(=O)C1CC2CCCCC2CN1CC(O)C(Cc1ccccc1)NC(=O)C(NC(=O)c1ccc(C(F)(F)F)s1)C(C)(C)S(C)(=O)=O. The maximum absolute atomic E-state index is 14.1. The molecule has 1 aromatic carbocycles. The fourth-order valence-electron chi connectivity index (χ4n) is 7.00. The number of rotatable bonds is 12. The molecule has 1 saturated carbocycles. The number of nitrogens with one attached hydrogen (secondary N) is 3. The molecule has 2 aromatic rings. The van der Waals surface area contributed by atoms with Gasteiger partial charge in [-0.1, -0.05) is 49.6 Å². The van der Waals surface area contributed by atoms with Crippen molar-refractivity contribution >= 4 is 38.9 Å². The number of carbonyl (C=O) groups excluding carboxylic acids is 3. The van der Waals surface area contributed by atoms with Crippen LogP contribution in [0.5, 0.6) is 0 Å². The average Bonchev–Trinajstić information content (AvgIpc) is 3.53. The summed E-state index contributed by atoms with van der Waals surface area (Å²) in [5, 5.41) is 20.1. The fourth-order valence-corrected chi connectivity index (χ4v) is 8.37. The number of sulfone groups is 1. The molecule has 2 heterocycles. The minimum absolute atomic E-state index is 0.0329. The molecule has 0 radical (unpaired) electrons. The highest BCUT2D eigenvalue weighted by molar-refractivity contribution is 7.92. The Kier molecular flexibility index (Phi) is 12.7. The van der Waals surface area contributed by atoms with E-state index in [1.54, 1.807) is 12.1 Å². The van der Waals surface area contributed by atoms with Crippen LogP contribution in [-0.4, -0.2) is 90.0 Å². The molecule has 4 N–H and O–H groups in total. The first kappa shape index (κ1) is 40.8. The molecular weight excluding hydrogens is 706 g/mol. The number of hydrogen-bond donors (Lipinski definition) is 4. The van der Waals surface area contributed by atoms with Gasteiger partial charge in [-0.2, -0.15) is 13.2 Å². The van der Waals surface area contributed by atoms with Gasteiger partial charge in [-0.25, -0.2) is 8.42 Å². The summed E-state index contributed by atoms with van der Waals surface area (Å²) in [5.74, 6) is -1.37. The molecule has 2 fully saturated rings. The summed E-state index contributed by atoms with van der Waals surface area (Å²) in [4.78, 5) is 41.6. The highest BCUT2D eigenvalue weighted by atomic mass is 32.2. The van der Waals surface area contributed by atoms with E-state index in [1.807, 2.05) is 43.9 Å². The van der Waals surface area contributed by atoms with E-state index >= 15 is 0 Å². The van der Waals surface area contributed by atoms with Gasteiger partial charge in [-0.3, -0.25) is 19.3 Å². The summed E-state index contributed by atoms with van der Waals surface area (Å²) < 4.78 is 63.9. The van der Waals surface area contributed by atoms with Gasteiger partial charge >= 0.3 is 6.18 Å². The second-order valence-electron chi connectivity index (χ2n) is 15.6. The summed E-state index contributed by atoms with van der Waals surface area (Å²) in [5.41, 5.74) is 0.286. The van der Waals surface area contributed by atoms with E-state index < -0.39 is 67.2 Å². The number of benzene rings is 1. The van der Waals surface area contributed by atoms with Crippen molar-refractivity contribution in [1.29, 1.82) is 0 Å². The number of amides is 3. The Morgan fingerprint density at radius 3 is 2.16 bits per heavy atom. The molecule has 6 unspecified atom stereocenters. The van der Waals surface area contributed by atoms with Crippen molar-refractivity contribution < 1.29 is 41.1 Å². The van der Waals surface area contributed by atoms with Crippen molar-refractivity contribution in [3.63, 3.8) is 0 Å². The Labute approximate surface area is 302 Å². The van der Waals surface area contributed by atoms with Gasteiger partial charge in [-0.05, 0) is 83.4 Å². The number of fused-ring (bicyclic) bond motifs is 1. The van der Waals surface area contributed by atoms with Crippen LogP contribution in [0.15, 0.2) is 42.5 Å². The Balaban J connectivity index is 1.63. The van der Waals surface area contributed by atoms with E-state index in [2.05, 4.69) is 16.0 Å². The number of nitrogens with zero attached hydrogens (tertiary/aromatic N) is 1. The summed E-state index contributed by atoms with van der Waals surface area (Å²) in [6.07, 6.45) is 0.0201. The quantitative estimate of drug-likeness (QED) is 0.249. The Morgan fingerprint density at radius 2 is 1.59 bits per heavy atom. The molecule has 2 aliphatic rings. The third-order valence-electron chi connectivity index (χ3n) is 10.1. The van der Waals surface area contributed by atoms with Crippen LogP contribution in [0, 0.1) is 11.8 Å². The first-order valence-corrected chi connectivity index (χ1v) is 20.0.